The van der Waals surface area contributed by atoms with Crippen LogP contribution >= 0.6 is 0 Å². The Morgan fingerprint density at radius 2 is 1.50 bits per heavy atom. The van der Waals surface area contributed by atoms with Gasteiger partial charge < -0.3 is 15.2 Å². The molecule has 20 heavy (non-hydrogen) atoms. The lowest BCUT2D eigenvalue weighted by atomic mass is 10.2. The van der Waals surface area contributed by atoms with E-state index < -0.39 is 0 Å². The fourth-order valence-electron chi connectivity index (χ4n) is 1.13. The predicted molar refractivity (Wildman–Crippen MR) is 72.2 cm³/mol. The first-order chi connectivity index (χ1) is 9.64. The van der Waals surface area contributed by atoms with Crippen LogP contribution in [-0.4, -0.2) is 14.2 Å². The molecule has 0 aliphatic heterocycles. The first-order valence-electron chi connectivity index (χ1n) is 5.47. The topological polar surface area (TPSA) is 116 Å². The van der Waals surface area contributed by atoms with Gasteiger partial charge in [-0.15, -0.1) is 0 Å². The van der Waals surface area contributed by atoms with Crippen molar-refractivity contribution in [1.29, 1.82) is 15.8 Å². The van der Waals surface area contributed by atoms with Crippen LogP contribution in [0.4, 0.5) is 0 Å². The van der Waals surface area contributed by atoms with Crippen LogP contribution in [-0.2, 0) is 0 Å². The van der Waals surface area contributed by atoms with Crippen LogP contribution in [0.25, 0.3) is 0 Å². The smallest absolute Gasteiger partial charge is 0.160 e. The lowest BCUT2D eigenvalue weighted by Crippen LogP contribution is -1.99. The molecule has 2 N–H and O–H groups in total. The van der Waals surface area contributed by atoms with E-state index in [2.05, 4.69) is 0 Å². The molecule has 1 aromatic carbocycles. The third-order valence-corrected chi connectivity index (χ3v) is 2.10. The van der Waals surface area contributed by atoms with Crippen molar-refractivity contribution in [1.82, 2.24) is 0 Å². The monoisotopic (exact) mass is 270 g/mol. The number of nitrogens with zero attached hydrogens (tertiary/aromatic N) is 3. The fraction of sp³-hybridized carbons (Fsp3) is 0.214. The zero-order valence-corrected chi connectivity index (χ0v) is 11.3. The highest BCUT2D eigenvalue weighted by atomic mass is 16.5. The molecule has 0 aromatic heterocycles. The molecule has 102 valence electrons. The van der Waals surface area contributed by atoms with Crippen LogP contribution in [0, 0.1) is 34.0 Å². The predicted octanol–water partition coefficient (Wildman–Crippen LogP) is 1.86. The molecule has 0 spiro atoms. The van der Waals surface area contributed by atoms with Crippen LogP contribution < -0.4 is 15.2 Å². The van der Waals surface area contributed by atoms with Gasteiger partial charge in [-0.2, -0.15) is 15.8 Å². The first kappa shape index (κ1) is 16.8. The van der Waals surface area contributed by atoms with E-state index in [-0.39, 0.29) is 17.7 Å². The summed E-state index contributed by atoms with van der Waals surface area (Å²) in [5, 5.41) is 24.5. The third kappa shape index (κ3) is 5.44. The summed E-state index contributed by atoms with van der Waals surface area (Å²) < 4.78 is 10.0. The van der Waals surface area contributed by atoms with Crippen molar-refractivity contribution in [2.24, 2.45) is 5.73 Å². The molecule has 0 unspecified atom stereocenters. The molecule has 0 saturated carbocycles. The minimum Gasteiger partial charge on any atom is -0.493 e. The third-order valence-electron chi connectivity index (χ3n) is 2.10. The van der Waals surface area contributed by atoms with E-state index in [0.717, 1.165) is 11.5 Å². The van der Waals surface area contributed by atoms with Crippen molar-refractivity contribution in [2.75, 3.05) is 14.2 Å². The van der Waals surface area contributed by atoms with Gasteiger partial charge in [-0.25, -0.2) is 0 Å². The molecular weight excluding hydrogens is 256 g/mol. The van der Waals surface area contributed by atoms with E-state index in [9.17, 15) is 0 Å². The number of nitrogens with two attached hydrogens (primary N) is 1. The van der Waals surface area contributed by atoms with E-state index in [1.165, 1.54) is 0 Å². The van der Waals surface area contributed by atoms with Gasteiger partial charge in [0, 0.05) is 0 Å². The Kier molecular flexibility index (Phi) is 8.26. The first-order valence-corrected chi connectivity index (χ1v) is 5.47. The largest absolute Gasteiger partial charge is 0.493 e. The number of nitriles is 3. The average Bonchev–Trinajstić information content (AvgIpc) is 2.49. The lowest BCUT2D eigenvalue weighted by molar-refractivity contribution is 0.355. The Morgan fingerprint density at radius 1 is 1.05 bits per heavy atom. The van der Waals surface area contributed by atoms with Gasteiger partial charge >= 0.3 is 0 Å². The van der Waals surface area contributed by atoms with Crippen molar-refractivity contribution < 1.29 is 9.47 Å². The number of methoxy groups -OCH3 is 2. The van der Waals surface area contributed by atoms with Gasteiger partial charge in [0.05, 0.1) is 32.4 Å². The van der Waals surface area contributed by atoms with Gasteiger partial charge in [0.25, 0.3) is 0 Å². The van der Waals surface area contributed by atoms with Crippen LogP contribution in [0.1, 0.15) is 6.42 Å². The van der Waals surface area contributed by atoms with Crippen LogP contribution in [0.15, 0.2) is 35.5 Å². The van der Waals surface area contributed by atoms with Crippen molar-refractivity contribution in [2.45, 2.75) is 6.42 Å². The van der Waals surface area contributed by atoms with Crippen molar-refractivity contribution >= 4 is 0 Å². The van der Waals surface area contributed by atoms with Gasteiger partial charge in [-0.05, 0) is 12.1 Å². The quantitative estimate of drug-likeness (QED) is 0.838. The van der Waals surface area contributed by atoms with E-state index in [1.54, 1.807) is 32.4 Å². The number of hydrogen-bond donors (Lipinski definition) is 1. The maximum Gasteiger partial charge on any atom is 0.160 e. The maximum absolute atomic E-state index is 8.20. The summed E-state index contributed by atoms with van der Waals surface area (Å²) in [6.45, 7) is 0. The molecule has 0 atom stereocenters. The molecule has 0 heterocycles. The lowest BCUT2D eigenvalue weighted by Gasteiger charge is -2.04. The highest BCUT2D eigenvalue weighted by Crippen LogP contribution is 2.24. The molecular formula is C14H14N4O2. The number of hydrogen-bond acceptors (Lipinski definition) is 6. The van der Waals surface area contributed by atoms with Gasteiger partial charge in [-0.1, -0.05) is 12.1 Å². The number of benzene rings is 1. The summed E-state index contributed by atoms with van der Waals surface area (Å²) in [5.74, 6) is 1.54. The number of rotatable bonds is 3. The maximum atomic E-state index is 8.20. The molecule has 1 rings (SSSR count). The Bertz CT molecular complexity index is 549. The SMILES string of the molecule is COc1ccccc1OC.N#CCC(N)=C(C#N)C#N. The molecule has 0 bridgehead atoms. The van der Waals surface area contributed by atoms with Gasteiger partial charge in [0.1, 0.15) is 17.7 Å². The Morgan fingerprint density at radius 3 is 1.80 bits per heavy atom. The molecule has 1 aromatic rings. The molecule has 0 fully saturated rings. The van der Waals surface area contributed by atoms with E-state index in [0.29, 0.717) is 0 Å². The number of allylic oxidation sites excluding steroid dienone is 2. The van der Waals surface area contributed by atoms with Crippen molar-refractivity contribution in [3.63, 3.8) is 0 Å². The molecule has 6 nitrogen and oxygen atoms in total. The highest BCUT2D eigenvalue weighted by molar-refractivity contribution is 5.40. The Balaban J connectivity index is 0.000000361. The van der Waals surface area contributed by atoms with Crippen molar-refractivity contribution in [3.8, 4) is 29.7 Å². The van der Waals surface area contributed by atoms with E-state index in [4.69, 9.17) is 31.0 Å². The van der Waals surface area contributed by atoms with Gasteiger partial charge in [0.15, 0.2) is 11.5 Å². The standard InChI is InChI=1S/C8H10O2.C6H4N4/c1-9-7-5-3-4-6-8(7)10-2;7-2-1-6(10)5(3-8)4-9/h3-6H,1-2H3;1,10H2. The molecule has 0 saturated heterocycles. The summed E-state index contributed by atoms with van der Waals surface area (Å²) in [4.78, 5) is 0. The summed E-state index contributed by atoms with van der Waals surface area (Å²) in [5.41, 5.74) is 5.02. The Labute approximate surface area is 117 Å². The van der Waals surface area contributed by atoms with Gasteiger partial charge in [-0.3, -0.25) is 0 Å². The fourth-order valence-corrected chi connectivity index (χ4v) is 1.13. The van der Waals surface area contributed by atoms with Crippen LogP contribution in [0.5, 0.6) is 11.5 Å². The van der Waals surface area contributed by atoms with Crippen LogP contribution in [0.2, 0.25) is 0 Å². The Hall–Kier alpha value is -3.17. The summed E-state index contributed by atoms with van der Waals surface area (Å²) in [7, 11) is 3.25. The second-order valence-corrected chi connectivity index (χ2v) is 3.31. The zero-order chi connectivity index (χ0) is 15.4. The second-order valence-electron chi connectivity index (χ2n) is 3.31. The molecule has 0 aliphatic rings. The highest BCUT2D eigenvalue weighted by Gasteiger charge is 1.99. The van der Waals surface area contributed by atoms with Crippen LogP contribution in [0.3, 0.4) is 0 Å². The normalized spacial score (nSPS) is 7.75. The molecule has 0 radical (unpaired) electrons. The summed E-state index contributed by atoms with van der Waals surface area (Å²) in [6, 6.07) is 12.4. The molecule has 6 heteroatoms. The average molecular weight is 270 g/mol. The number of ether oxygens (including phenoxy) is 2. The second kappa shape index (κ2) is 9.82. The minimum absolute atomic E-state index is 0.0347. The zero-order valence-electron chi connectivity index (χ0n) is 11.3. The summed E-state index contributed by atoms with van der Waals surface area (Å²) in [6.07, 6.45) is -0.0730. The minimum atomic E-state index is -0.179. The summed E-state index contributed by atoms with van der Waals surface area (Å²) >= 11 is 0. The van der Waals surface area contributed by atoms with E-state index >= 15 is 0 Å². The molecule has 0 aliphatic carbocycles. The molecule has 0 amide bonds. The number of para-hydroxylation sites is 2. The van der Waals surface area contributed by atoms with E-state index in [1.807, 2.05) is 24.3 Å². The van der Waals surface area contributed by atoms with Crippen molar-refractivity contribution in [3.05, 3.63) is 35.5 Å². The van der Waals surface area contributed by atoms with Gasteiger partial charge in [0.2, 0.25) is 0 Å².